The second-order valence-corrected chi connectivity index (χ2v) is 6.08. The Morgan fingerprint density at radius 2 is 2.00 bits per heavy atom. The quantitative estimate of drug-likeness (QED) is 0.943. The van der Waals surface area contributed by atoms with E-state index in [2.05, 4.69) is 17.1 Å². The molecule has 1 aliphatic rings. The number of thiazole rings is 1. The van der Waals surface area contributed by atoms with Gasteiger partial charge in [-0.3, -0.25) is 0 Å². The maximum atomic E-state index is 9.28. The fourth-order valence-corrected chi connectivity index (χ4v) is 3.95. The van der Waals surface area contributed by atoms with Crippen molar-refractivity contribution in [3.05, 3.63) is 45.9 Å². The Bertz CT molecular complexity index is 588. The molecular weight excluding hydrogens is 286 g/mol. The highest BCUT2D eigenvalue weighted by atomic mass is 32.1. The van der Waals surface area contributed by atoms with Crippen molar-refractivity contribution in [1.29, 1.82) is 0 Å². The van der Waals surface area contributed by atoms with E-state index < -0.39 is 0 Å². The van der Waals surface area contributed by atoms with Gasteiger partial charge in [-0.25, -0.2) is 4.98 Å². The molecule has 0 bridgehead atoms. The van der Waals surface area contributed by atoms with Gasteiger partial charge in [0.25, 0.3) is 0 Å². The molecule has 1 saturated heterocycles. The number of aliphatic hydroxyl groups is 1. The van der Waals surface area contributed by atoms with E-state index >= 15 is 0 Å². The lowest BCUT2D eigenvalue weighted by molar-refractivity contribution is 0.0629. The average molecular weight is 305 g/mol. The minimum Gasteiger partial charge on any atom is -0.497 e. The van der Waals surface area contributed by atoms with Crippen LogP contribution in [0.2, 0.25) is 0 Å². The van der Waals surface area contributed by atoms with Crippen LogP contribution in [0.5, 0.6) is 5.75 Å². The highest BCUT2D eigenvalue weighted by Crippen LogP contribution is 2.42. The first kappa shape index (κ1) is 14.5. The summed E-state index contributed by atoms with van der Waals surface area (Å²) in [6, 6.07) is 8.22. The van der Waals surface area contributed by atoms with Gasteiger partial charge >= 0.3 is 0 Å². The van der Waals surface area contributed by atoms with E-state index in [1.54, 1.807) is 18.4 Å². The van der Waals surface area contributed by atoms with Gasteiger partial charge in [-0.1, -0.05) is 12.1 Å². The van der Waals surface area contributed by atoms with Crippen molar-refractivity contribution in [3.8, 4) is 5.75 Å². The SMILES string of the molecule is COc1ccc(C2(c3nc(CO)cs3)CCOCC2)cc1. The van der Waals surface area contributed by atoms with Crippen LogP contribution in [-0.4, -0.2) is 30.4 Å². The zero-order valence-corrected chi connectivity index (χ0v) is 12.9. The lowest BCUT2D eigenvalue weighted by Crippen LogP contribution is -2.35. The van der Waals surface area contributed by atoms with Gasteiger partial charge in [-0.05, 0) is 30.5 Å². The third kappa shape index (κ3) is 2.69. The van der Waals surface area contributed by atoms with Crippen molar-refractivity contribution in [3.63, 3.8) is 0 Å². The summed E-state index contributed by atoms with van der Waals surface area (Å²) < 4.78 is 10.8. The van der Waals surface area contributed by atoms with E-state index in [-0.39, 0.29) is 12.0 Å². The molecule has 0 spiro atoms. The summed E-state index contributed by atoms with van der Waals surface area (Å²) >= 11 is 1.63. The molecule has 1 aromatic carbocycles. The Hall–Kier alpha value is -1.43. The molecule has 21 heavy (non-hydrogen) atoms. The lowest BCUT2D eigenvalue weighted by atomic mass is 9.74. The van der Waals surface area contributed by atoms with Gasteiger partial charge in [0.05, 0.1) is 24.8 Å². The standard InChI is InChI=1S/C16H19NO3S/c1-19-14-4-2-12(3-5-14)16(6-8-20-9-7-16)15-17-13(10-18)11-21-15/h2-5,11,18H,6-10H2,1H3. The third-order valence-electron chi connectivity index (χ3n) is 4.11. The van der Waals surface area contributed by atoms with Gasteiger partial charge in [-0.15, -0.1) is 11.3 Å². The number of rotatable bonds is 4. The average Bonchev–Trinajstić information content (AvgIpc) is 3.05. The highest BCUT2D eigenvalue weighted by molar-refractivity contribution is 7.09. The molecule has 0 saturated carbocycles. The van der Waals surface area contributed by atoms with E-state index in [1.807, 2.05) is 17.5 Å². The smallest absolute Gasteiger partial charge is 0.118 e. The fraction of sp³-hybridized carbons (Fsp3) is 0.438. The molecule has 5 heteroatoms. The minimum absolute atomic E-state index is 0.00824. The van der Waals surface area contributed by atoms with E-state index in [0.29, 0.717) is 0 Å². The lowest BCUT2D eigenvalue weighted by Gasteiger charge is -2.36. The van der Waals surface area contributed by atoms with Crippen molar-refractivity contribution < 1.29 is 14.6 Å². The molecular formula is C16H19NO3S. The molecule has 4 nitrogen and oxygen atoms in total. The van der Waals surface area contributed by atoms with Gasteiger partial charge < -0.3 is 14.6 Å². The highest BCUT2D eigenvalue weighted by Gasteiger charge is 2.38. The first-order valence-electron chi connectivity index (χ1n) is 7.06. The van der Waals surface area contributed by atoms with Gasteiger partial charge in [0, 0.05) is 18.6 Å². The molecule has 2 heterocycles. The van der Waals surface area contributed by atoms with E-state index in [9.17, 15) is 5.11 Å². The summed E-state index contributed by atoms with van der Waals surface area (Å²) in [5.74, 6) is 0.858. The normalized spacial score (nSPS) is 17.6. The van der Waals surface area contributed by atoms with Crippen LogP contribution in [0.15, 0.2) is 29.6 Å². The van der Waals surface area contributed by atoms with Crippen LogP contribution < -0.4 is 4.74 Å². The van der Waals surface area contributed by atoms with Crippen molar-refractivity contribution in [2.24, 2.45) is 0 Å². The summed E-state index contributed by atoms with van der Waals surface area (Å²) in [4.78, 5) is 4.63. The van der Waals surface area contributed by atoms with Crippen molar-refractivity contribution in [2.75, 3.05) is 20.3 Å². The Morgan fingerprint density at radius 1 is 1.29 bits per heavy atom. The number of methoxy groups -OCH3 is 1. The van der Waals surface area contributed by atoms with Gasteiger partial charge in [-0.2, -0.15) is 0 Å². The summed E-state index contributed by atoms with van der Waals surface area (Å²) in [5, 5.41) is 12.3. The number of hydrogen-bond acceptors (Lipinski definition) is 5. The van der Waals surface area contributed by atoms with E-state index in [4.69, 9.17) is 9.47 Å². The molecule has 0 atom stereocenters. The minimum atomic E-state index is -0.109. The molecule has 1 aliphatic heterocycles. The number of hydrogen-bond donors (Lipinski definition) is 1. The van der Waals surface area contributed by atoms with Crippen LogP contribution in [0.3, 0.4) is 0 Å². The summed E-state index contributed by atoms with van der Waals surface area (Å²) in [5.41, 5.74) is 1.88. The fourth-order valence-electron chi connectivity index (χ4n) is 2.86. The molecule has 112 valence electrons. The Labute approximate surface area is 128 Å². The number of aliphatic hydroxyl groups excluding tert-OH is 1. The molecule has 0 aliphatic carbocycles. The molecule has 1 aromatic heterocycles. The summed E-state index contributed by atoms with van der Waals surface area (Å²) in [7, 11) is 1.67. The van der Waals surface area contributed by atoms with Crippen molar-refractivity contribution in [2.45, 2.75) is 24.9 Å². The topological polar surface area (TPSA) is 51.6 Å². The van der Waals surface area contributed by atoms with Gasteiger partial charge in [0.15, 0.2) is 0 Å². The first-order chi connectivity index (χ1) is 10.3. The Morgan fingerprint density at radius 3 is 2.57 bits per heavy atom. The Kier molecular flexibility index (Phi) is 4.24. The van der Waals surface area contributed by atoms with Crippen LogP contribution in [0, 0.1) is 0 Å². The van der Waals surface area contributed by atoms with Crippen LogP contribution in [0.1, 0.15) is 29.1 Å². The molecule has 3 rings (SSSR count). The van der Waals surface area contributed by atoms with Crippen LogP contribution >= 0.6 is 11.3 Å². The van der Waals surface area contributed by atoms with Gasteiger partial charge in [0.2, 0.25) is 0 Å². The van der Waals surface area contributed by atoms with E-state index in [0.717, 1.165) is 42.5 Å². The van der Waals surface area contributed by atoms with Crippen LogP contribution in [0.25, 0.3) is 0 Å². The summed E-state index contributed by atoms with van der Waals surface area (Å²) in [6.07, 6.45) is 1.83. The molecule has 1 N–H and O–H groups in total. The monoisotopic (exact) mass is 305 g/mol. The maximum absolute atomic E-state index is 9.28. The zero-order chi connectivity index (χ0) is 14.7. The first-order valence-corrected chi connectivity index (χ1v) is 7.94. The van der Waals surface area contributed by atoms with Crippen molar-refractivity contribution >= 4 is 11.3 Å². The van der Waals surface area contributed by atoms with Crippen molar-refractivity contribution in [1.82, 2.24) is 4.98 Å². The van der Waals surface area contributed by atoms with Crippen LogP contribution in [0.4, 0.5) is 0 Å². The summed E-state index contributed by atoms with van der Waals surface area (Å²) in [6.45, 7) is 1.46. The molecule has 1 fully saturated rings. The zero-order valence-electron chi connectivity index (χ0n) is 12.0. The predicted molar refractivity (Wildman–Crippen MR) is 81.9 cm³/mol. The number of nitrogens with zero attached hydrogens (tertiary/aromatic N) is 1. The number of ether oxygens (including phenoxy) is 2. The second-order valence-electron chi connectivity index (χ2n) is 5.23. The van der Waals surface area contributed by atoms with Gasteiger partial charge in [0.1, 0.15) is 10.8 Å². The van der Waals surface area contributed by atoms with E-state index in [1.165, 1.54) is 5.56 Å². The Balaban J connectivity index is 2.02. The number of aromatic nitrogens is 1. The maximum Gasteiger partial charge on any atom is 0.118 e. The third-order valence-corrected chi connectivity index (χ3v) is 5.21. The molecule has 0 radical (unpaired) electrons. The van der Waals surface area contributed by atoms with Crippen LogP contribution in [-0.2, 0) is 16.8 Å². The second kappa shape index (κ2) is 6.13. The predicted octanol–water partition coefficient (Wildman–Crippen LogP) is 2.74. The molecule has 0 amide bonds. The molecule has 2 aromatic rings. The molecule has 0 unspecified atom stereocenters. The number of benzene rings is 1. The largest absolute Gasteiger partial charge is 0.497 e.